The first-order valence-electron chi connectivity index (χ1n) is 16.1. The van der Waals surface area contributed by atoms with Crippen molar-refractivity contribution in [2.75, 3.05) is 19.8 Å². The molecule has 0 heterocycles. The Labute approximate surface area is 256 Å². The fourth-order valence-electron chi connectivity index (χ4n) is 6.58. The molecule has 2 fully saturated rings. The second-order valence-electron chi connectivity index (χ2n) is 12.6. The van der Waals surface area contributed by atoms with Gasteiger partial charge >= 0.3 is 11.9 Å². The average Bonchev–Trinajstić information content (AvgIpc) is 3.04. The molecule has 0 aromatic heterocycles. The molecule has 0 radical (unpaired) electrons. The van der Waals surface area contributed by atoms with Crippen molar-refractivity contribution < 1.29 is 33.0 Å². The Morgan fingerprint density at radius 1 is 0.884 bits per heavy atom. The molecule has 7 heteroatoms. The van der Waals surface area contributed by atoms with Crippen molar-refractivity contribution in [3.63, 3.8) is 0 Å². The fourth-order valence-corrected chi connectivity index (χ4v) is 6.58. The molecule has 2 aliphatic carbocycles. The molecule has 43 heavy (non-hydrogen) atoms. The van der Waals surface area contributed by atoms with Crippen LogP contribution in [0.15, 0.2) is 54.4 Å². The van der Waals surface area contributed by atoms with Gasteiger partial charge in [0.05, 0.1) is 18.1 Å². The second-order valence-corrected chi connectivity index (χ2v) is 12.6. The summed E-state index contributed by atoms with van der Waals surface area (Å²) in [7, 11) is 0. The van der Waals surface area contributed by atoms with E-state index >= 15 is 8.78 Å². The van der Waals surface area contributed by atoms with Crippen molar-refractivity contribution in [2.24, 2.45) is 23.7 Å². The zero-order chi connectivity index (χ0) is 31.4. The summed E-state index contributed by atoms with van der Waals surface area (Å²) in [5, 5.41) is 9.11. The SMILES string of the molecule is C=C(C)C(=O)OCC(COC(=O)C(=C)CO)c1ccc(/C(F)=C(\F)C2CCC(C3CCC(CCCCC)CC3)CC2)cc1. The van der Waals surface area contributed by atoms with E-state index in [4.69, 9.17) is 14.6 Å². The van der Waals surface area contributed by atoms with Crippen molar-refractivity contribution in [1.82, 2.24) is 0 Å². The number of hydrogen-bond acceptors (Lipinski definition) is 5. The number of carbonyl (C=O) groups excluding carboxylic acids is 2. The van der Waals surface area contributed by atoms with E-state index in [1.165, 1.54) is 70.4 Å². The van der Waals surface area contributed by atoms with Gasteiger partial charge in [-0.2, -0.15) is 0 Å². The number of ether oxygens (including phenoxy) is 2. The van der Waals surface area contributed by atoms with Crippen molar-refractivity contribution in [3.8, 4) is 0 Å². The molecular formula is C36H50F2O5. The van der Waals surface area contributed by atoms with Gasteiger partial charge in [-0.05, 0) is 68.8 Å². The van der Waals surface area contributed by atoms with Gasteiger partial charge in [-0.1, -0.05) is 82.9 Å². The van der Waals surface area contributed by atoms with Gasteiger partial charge < -0.3 is 14.6 Å². The van der Waals surface area contributed by atoms with Gasteiger partial charge in [-0.25, -0.2) is 18.4 Å². The minimum Gasteiger partial charge on any atom is -0.462 e. The molecule has 0 saturated heterocycles. The second kappa shape index (κ2) is 17.5. The quantitative estimate of drug-likeness (QED) is 0.124. The number of halogens is 2. The first kappa shape index (κ1) is 34.7. The highest BCUT2D eigenvalue weighted by molar-refractivity contribution is 5.88. The molecule has 0 amide bonds. The van der Waals surface area contributed by atoms with Crippen molar-refractivity contribution in [3.05, 3.63) is 65.5 Å². The van der Waals surface area contributed by atoms with E-state index in [1.54, 1.807) is 12.1 Å². The van der Waals surface area contributed by atoms with E-state index in [0.717, 1.165) is 24.7 Å². The average molecular weight is 601 g/mol. The smallest absolute Gasteiger partial charge is 0.335 e. The lowest BCUT2D eigenvalue weighted by molar-refractivity contribution is -0.142. The molecule has 0 spiro atoms. The molecule has 5 nitrogen and oxygen atoms in total. The van der Waals surface area contributed by atoms with Crippen molar-refractivity contribution >= 4 is 17.8 Å². The molecule has 0 bridgehead atoms. The van der Waals surface area contributed by atoms with Crippen LogP contribution in [0.25, 0.3) is 5.83 Å². The van der Waals surface area contributed by atoms with E-state index in [2.05, 4.69) is 20.1 Å². The highest BCUT2D eigenvalue weighted by Gasteiger charge is 2.33. The summed E-state index contributed by atoms with van der Waals surface area (Å²) >= 11 is 0. The maximum atomic E-state index is 15.4. The predicted molar refractivity (Wildman–Crippen MR) is 166 cm³/mol. The summed E-state index contributed by atoms with van der Waals surface area (Å²) < 4.78 is 41.2. The number of benzene rings is 1. The number of rotatable bonds is 15. The highest BCUT2D eigenvalue weighted by Crippen LogP contribution is 2.45. The number of aliphatic hydroxyl groups excluding tert-OH is 1. The van der Waals surface area contributed by atoms with Crippen LogP contribution >= 0.6 is 0 Å². The Morgan fingerprint density at radius 2 is 1.44 bits per heavy atom. The van der Waals surface area contributed by atoms with Crippen LogP contribution < -0.4 is 0 Å². The molecule has 1 unspecified atom stereocenters. The Balaban J connectivity index is 1.58. The maximum Gasteiger partial charge on any atom is 0.335 e. The molecular weight excluding hydrogens is 550 g/mol. The van der Waals surface area contributed by atoms with E-state index in [-0.39, 0.29) is 29.9 Å². The minimum absolute atomic E-state index is 0.102. The molecule has 1 atom stereocenters. The lowest BCUT2D eigenvalue weighted by Gasteiger charge is -2.37. The van der Waals surface area contributed by atoms with Gasteiger partial charge in [0, 0.05) is 17.1 Å². The first-order valence-corrected chi connectivity index (χ1v) is 16.1. The monoisotopic (exact) mass is 600 g/mol. The fraction of sp³-hybridized carbons (Fsp3) is 0.611. The van der Waals surface area contributed by atoms with Crippen LogP contribution in [0.2, 0.25) is 0 Å². The lowest BCUT2D eigenvalue weighted by atomic mass is 9.68. The number of allylic oxidation sites excluding steroid dienone is 1. The number of aliphatic hydroxyl groups is 1. The molecule has 2 saturated carbocycles. The highest BCUT2D eigenvalue weighted by atomic mass is 19.2. The normalized spacial score (nSPS) is 23.6. The third-order valence-electron chi connectivity index (χ3n) is 9.41. The Morgan fingerprint density at radius 3 is 1.98 bits per heavy atom. The van der Waals surface area contributed by atoms with E-state index in [9.17, 15) is 9.59 Å². The third-order valence-corrected chi connectivity index (χ3v) is 9.41. The van der Waals surface area contributed by atoms with Crippen LogP contribution in [0.1, 0.15) is 108 Å². The topological polar surface area (TPSA) is 72.8 Å². The maximum absolute atomic E-state index is 15.4. The van der Waals surface area contributed by atoms with E-state index < -0.39 is 42.0 Å². The van der Waals surface area contributed by atoms with E-state index in [0.29, 0.717) is 24.3 Å². The molecule has 1 aromatic carbocycles. The van der Waals surface area contributed by atoms with Gasteiger partial charge in [-0.3, -0.25) is 0 Å². The lowest BCUT2D eigenvalue weighted by Crippen LogP contribution is -2.26. The van der Waals surface area contributed by atoms with Crippen LogP contribution in [0, 0.1) is 23.7 Å². The van der Waals surface area contributed by atoms with Crippen LogP contribution in [-0.4, -0.2) is 36.9 Å². The summed E-state index contributed by atoms with van der Waals surface area (Å²) in [6.07, 6.45) is 13.8. The summed E-state index contributed by atoms with van der Waals surface area (Å²) in [5.41, 5.74) is 0.888. The number of carbonyl (C=O) groups is 2. The van der Waals surface area contributed by atoms with Gasteiger partial charge in [0.1, 0.15) is 19.0 Å². The van der Waals surface area contributed by atoms with Crippen LogP contribution in [0.3, 0.4) is 0 Å². The summed E-state index contributed by atoms with van der Waals surface area (Å²) in [6, 6.07) is 6.23. The van der Waals surface area contributed by atoms with Gasteiger partial charge in [-0.15, -0.1) is 0 Å². The molecule has 1 N–H and O–H groups in total. The zero-order valence-electron chi connectivity index (χ0n) is 26.1. The molecule has 2 aliphatic rings. The van der Waals surface area contributed by atoms with Crippen molar-refractivity contribution in [2.45, 2.75) is 96.8 Å². The van der Waals surface area contributed by atoms with Gasteiger partial charge in [0.15, 0.2) is 5.83 Å². The largest absolute Gasteiger partial charge is 0.462 e. The molecule has 238 valence electrons. The Hall–Kier alpha value is -2.80. The number of esters is 2. The predicted octanol–water partition coefficient (Wildman–Crippen LogP) is 8.78. The van der Waals surface area contributed by atoms with Crippen molar-refractivity contribution in [1.29, 1.82) is 0 Å². The summed E-state index contributed by atoms with van der Waals surface area (Å²) in [6.45, 7) is 9.97. The molecule has 1 aromatic rings. The van der Waals surface area contributed by atoms with E-state index in [1.807, 2.05) is 0 Å². The number of unbranched alkanes of at least 4 members (excludes halogenated alkanes) is 2. The van der Waals surface area contributed by atoms with Crippen LogP contribution in [0.5, 0.6) is 0 Å². The molecule has 3 rings (SSSR count). The van der Waals surface area contributed by atoms with Crippen LogP contribution in [0.4, 0.5) is 8.78 Å². The third kappa shape index (κ3) is 10.4. The zero-order valence-corrected chi connectivity index (χ0v) is 26.1. The standard InChI is InChI=1S/C36H50F2O5/c1-5-6-7-8-26-9-11-27(12-10-26)28-13-17-30(18-14-28)33(37)34(38)31-19-15-29(16-20-31)32(22-42-35(40)24(2)3)23-43-36(41)25(4)21-39/h15-16,19-20,26-28,30,32,39H,2,4-14,17-18,21-23H2,1,3H3/b34-33+. The first-order chi connectivity index (χ1) is 20.6. The molecule has 0 aliphatic heterocycles. The summed E-state index contributed by atoms with van der Waals surface area (Å²) in [4.78, 5) is 23.9. The van der Waals surface area contributed by atoms with Gasteiger partial charge in [0.25, 0.3) is 0 Å². The number of hydrogen-bond donors (Lipinski definition) is 1. The summed E-state index contributed by atoms with van der Waals surface area (Å²) in [5.74, 6) is -1.58. The van der Waals surface area contributed by atoms with Gasteiger partial charge in [0.2, 0.25) is 0 Å². The Bertz CT molecular complexity index is 1110. The Kier molecular flexibility index (Phi) is 14.1. The minimum atomic E-state index is -0.835. The van der Waals surface area contributed by atoms with Crippen LogP contribution in [-0.2, 0) is 19.1 Å².